The average Bonchev–Trinajstić information content (AvgIpc) is 2.46. The second-order valence-corrected chi connectivity index (χ2v) is 4.62. The van der Waals surface area contributed by atoms with Crippen molar-refractivity contribution in [2.45, 2.75) is 0 Å². The van der Waals surface area contributed by atoms with Crippen molar-refractivity contribution >= 4 is 22.2 Å². The quantitative estimate of drug-likeness (QED) is 0.638. The number of carbonyl (C=O) groups excluding carboxylic acids is 1. The van der Waals surface area contributed by atoms with Crippen molar-refractivity contribution in [2.24, 2.45) is 0 Å². The van der Waals surface area contributed by atoms with Crippen LogP contribution in [0.15, 0.2) is 53.0 Å². The lowest BCUT2D eigenvalue weighted by Gasteiger charge is -2.04. The Morgan fingerprint density at radius 3 is 2.63 bits per heavy atom. The molecule has 0 atom stereocenters. The van der Waals surface area contributed by atoms with E-state index in [4.69, 9.17) is 4.74 Å². The first-order valence-corrected chi connectivity index (χ1v) is 6.50. The normalized spacial score (nSPS) is 9.32. The molecule has 2 aromatic carbocycles. The lowest BCUT2D eigenvalue weighted by Crippen LogP contribution is -1.95. The van der Waals surface area contributed by atoms with Crippen molar-refractivity contribution < 1.29 is 9.53 Å². The van der Waals surface area contributed by atoms with Crippen LogP contribution in [-0.4, -0.2) is 12.9 Å². The van der Waals surface area contributed by atoms with E-state index >= 15 is 0 Å². The molecular weight excluding hydrogens is 304 g/mol. The number of hydrogen-bond donors (Lipinski definition) is 0. The SMILES string of the molecule is O=Cc1ccc(OCC#Cc2ccccc2)c(Br)c1. The van der Waals surface area contributed by atoms with Crippen molar-refractivity contribution in [2.75, 3.05) is 6.61 Å². The molecule has 0 aliphatic carbocycles. The van der Waals surface area contributed by atoms with Crippen LogP contribution in [0.3, 0.4) is 0 Å². The van der Waals surface area contributed by atoms with Crippen LogP contribution in [0, 0.1) is 11.8 Å². The number of benzene rings is 2. The van der Waals surface area contributed by atoms with Gasteiger partial charge in [0.1, 0.15) is 18.6 Å². The van der Waals surface area contributed by atoms with Crippen molar-refractivity contribution in [3.8, 4) is 17.6 Å². The molecular formula is C16H11BrO2. The highest BCUT2D eigenvalue weighted by atomic mass is 79.9. The zero-order valence-corrected chi connectivity index (χ0v) is 11.7. The fourth-order valence-corrected chi connectivity index (χ4v) is 1.99. The predicted molar refractivity (Wildman–Crippen MR) is 78.3 cm³/mol. The summed E-state index contributed by atoms with van der Waals surface area (Å²) < 4.78 is 6.27. The molecule has 0 fully saturated rings. The van der Waals surface area contributed by atoms with Crippen LogP contribution in [0.1, 0.15) is 15.9 Å². The molecule has 0 unspecified atom stereocenters. The summed E-state index contributed by atoms with van der Waals surface area (Å²) >= 11 is 3.35. The first-order valence-electron chi connectivity index (χ1n) is 5.71. The summed E-state index contributed by atoms with van der Waals surface area (Å²) in [5.74, 6) is 6.63. The molecule has 94 valence electrons. The van der Waals surface area contributed by atoms with Gasteiger partial charge in [-0.05, 0) is 46.3 Å². The molecule has 2 nitrogen and oxygen atoms in total. The van der Waals surface area contributed by atoms with E-state index in [2.05, 4.69) is 27.8 Å². The third kappa shape index (κ3) is 3.97. The second-order valence-electron chi connectivity index (χ2n) is 3.76. The number of aldehydes is 1. The zero-order valence-electron chi connectivity index (χ0n) is 10.1. The maximum Gasteiger partial charge on any atom is 0.150 e. The smallest absolute Gasteiger partial charge is 0.150 e. The zero-order chi connectivity index (χ0) is 13.5. The number of hydrogen-bond acceptors (Lipinski definition) is 2. The molecule has 0 heterocycles. The number of carbonyl (C=O) groups is 1. The second kappa shape index (κ2) is 6.77. The molecule has 0 aliphatic heterocycles. The topological polar surface area (TPSA) is 26.3 Å². The van der Waals surface area contributed by atoms with Gasteiger partial charge in [0.25, 0.3) is 0 Å². The Labute approximate surface area is 120 Å². The fraction of sp³-hybridized carbons (Fsp3) is 0.0625. The molecule has 0 bridgehead atoms. The Morgan fingerprint density at radius 1 is 1.16 bits per heavy atom. The molecule has 0 aliphatic rings. The Bertz CT molecular complexity index is 624. The van der Waals surface area contributed by atoms with E-state index in [9.17, 15) is 4.79 Å². The summed E-state index contributed by atoms with van der Waals surface area (Å²) in [4.78, 5) is 10.6. The molecule has 0 saturated heterocycles. The summed E-state index contributed by atoms with van der Waals surface area (Å²) in [6, 6.07) is 14.9. The van der Waals surface area contributed by atoms with E-state index in [-0.39, 0.29) is 0 Å². The van der Waals surface area contributed by atoms with Crippen LogP contribution in [0.5, 0.6) is 5.75 Å². The molecule has 2 rings (SSSR count). The summed E-state index contributed by atoms with van der Waals surface area (Å²) in [7, 11) is 0. The largest absolute Gasteiger partial charge is 0.480 e. The maximum atomic E-state index is 10.6. The van der Waals surface area contributed by atoms with E-state index in [1.807, 2.05) is 30.3 Å². The highest BCUT2D eigenvalue weighted by Crippen LogP contribution is 2.25. The highest BCUT2D eigenvalue weighted by molar-refractivity contribution is 9.10. The van der Waals surface area contributed by atoms with E-state index in [0.717, 1.165) is 16.3 Å². The summed E-state index contributed by atoms with van der Waals surface area (Å²) in [5, 5.41) is 0. The van der Waals surface area contributed by atoms with E-state index in [1.165, 1.54) is 0 Å². The highest BCUT2D eigenvalue weighted by Gasteiger charge is 2.01. The molecule has 0 saturated carbocycles. The Hall–Kier alpha value is -2.05. The van der Waals surface area contributed by atoms with Gasteiger partial charge in [0.15, 0.2) is 0 Å². The van der Waals surface area contributed by atoms with Gasteiger partial charge in [-0.1, -0.05) is 30.0 Å². The van der Waals surface area contributed by atoms with E-state index in [0.29, 0.717) is 17.9 Å². The van der Waals surface area contributed by atoms with Gasteiger partial charge >= 0.3 is 0 Å². The van der Waals surface area contributed by atoms with Gasteiger partial charge in [-0.25, -0.2) is 0 Å². The molecule has 0 N–H and O–H groups in total. The maximum absolute atomic E-state index is 10.6. The third-order valence-corrected chi connectivity index (χ3v) is 3.02. The van der Waals surface area contributed by atoms with Gasteiger partial charge in [-0.15, -0.1) is 0 Å². The van der Waals surface area contributed by atoms with Gasteiger partial charge in [-0.3, -0.25) is 4.79 Å². The number of rotatable bonds is 3. The molecule has 0 radical (unpaired) electrons. The minimum Gasteiger partial charge on any atom is -0.480 e. The van der Waals surface area contributed by atoms with Crippen molar-refractivity contribution in [3.05, 3.63) is 64.1 Å². The predicted octanol–water partition coefficient (Wildman–Crippen LogP) is 3.69. The van der Waals surface area contributed by atoms with Crippen molar-refractivity contribution in [1.29, 1.82) is 0 Å². The minimum atomic E-state index is 0.300. The minimum absolute atomic E-state index is 0.300. The van der Waals surface area contributed by atoms with Crippen LogP contribution in [0.2, 0.25) is 0 Å². The Balaban J connectivity index is 1.97. The van der Waals surface area contributed by atoms with Crippen LogP contribution in [0.4, 0.5) is 0 Å². The fourth-order valence-electron chi connectivity index (χ4n) is 1.48. The standard InChI is InChI=1S/C16H11BrO2/c17-15-11-14(12-18)8-9-16(15)19-10-4-7-13-5-2-1-3-6-13/h1-3,5-6,8-9,11-12H,10H2. The van der Waals surface area contributed by atoms with Crippen LogP contribution in [-0.2, 0) is 0 Å². The third-order valence-electron chi connectivity index (χ3n) is 2.40. The average molecular weight is 315 g/mol. The van der Waals surface area contributed by atoms with Crippen molar-refractivity contribution in [3.63, 3.8) is 0 Å². The van der Waals surface area contributed by atoms with Crippen molar-refractivity contribution in [1.82, 2.24) is 0 Å². The van der Waals surface area contributed by atoms with Crippen LogP contribution < -0.4 is 4.74 Å². The van der Waals surface area contributed by atoms with Gasteiger partial charge in [0.2, 0.25) is 0 Å². The summed E-state index contributed by atoms with van der Waals surface area (Å²) in [6.45, 7) is 0.300. The number of ether oxygens (including phenoxy) is 1. The first-order chi connectivity index (χ1) is 9.29. The van der Waals surface area contributed by atoms with Gasteiger partial charge in [-0.2, -0.15) is 0 Å². The van der Waals surface area contributed by atoms with Crippen LogP contribution >= 0.6 is 15.9 Å². The lowest BCUT2D eigenvalue weighted by atomic mass is 10.2. The van der Waals surface area contributed by atoms with Crippen LogP contribution in [0.25, 0.3) is 0 Å². The van der Waals surface area contributed by atoms with Gasteiger partial charge in [0.05, 0.1) is 4.47 Å². The summed E-state index contributed by atoms with van der Waals surface area (Å²) in [5.41, 5.74) is 1.57. The van der Waals surface area contributed by atoms with Gasteiger partial charge < -0.3 is 4.74 Å². The first kappa shape index (κ1) is 13.4. The molecule has 2 aromatic rings. The monoisotopic (exact) mass is 314 g/mol. The Kier molecular flexibility index (Phi) is 4.77. The molecule has 0 amide bonds. The van der Waals surface area contributed by atoms with E-state index < -0.39 is 0 Å². The number of halogens is 1. The molecule has 3 heteroatoms. The molecule has 19 heavy (non-hydrogen) atoms. The Morgan fingerprint density at radius 2 is 1.95 bits per heavy atom. The summed E-state index contributed by atoms with van der Waals surface area (Å²) in [6.07, 6.45) is 0.795. The lowest BCUT2D eigenvalue weighted by molar-refractivity contribution is 0.112. The van der Waals surface area contributed by atoms with E-state index in [1.54, 1.807) is 18.2 Å². The molecule has 0 aromatic heterocycles. The van der Waals surface area contributed by atoms with Gasteiger partial charge in [0, 0.05) is 11.1 Å². The molecule has 0 spiro atoms.